The molecule has 0 saturated carbocycles. The van der Waals surface area contributed by atoms with Gasteiger partial charge in [0.2, 0.25) is 10.0 Å². The van der Waals surface area contributed by atoms with E-state index < -0.39 is 34.3 Å². The molecule has 1 amide bonds. The first-order valence-electron chi connectivity index (χ1n) is 12.3. The molecule has 1 aromatic heterocycles. The van der Waals surface area contributed by atoms with Gasteiger partial charge in [-0.15, -0.1) is 0 Å². The molecular weight excluding hydrogens is 498 g/mol. The Bertz CT molecular complexity index is 1160. The van der Waals surface area contributed by atoms with Crippen LogP contribution in [0.3, 0.4) is 0 Å². The van der Waals surface area contributed by atoms with Crippen LogP contribution in [0.2, 0.25) is 0 Å². The summed E-state index contributed by atoms with van der Waals surface area (Å²) in [5.41, 5.74) is 0.505. The van der Waals surface area contributed by atoms with Crippen molar-refractivity contribution in [3.63, 3.8) is 0 Å². The number of oxime groups is 1. The molecule has 4 N–H and O–H groups in total. The van der Waals surface area contributed by atoms with Crippen LogP contribution in [0.25, 0.3) is 0 Å². The number of amides is 1. The molecular formula is C26H35N3O7S. The van der Waals surface area contributed by atoms with E-state index in [2.05, 4.69) is 10.5 Å². The largest absolute Gasteiger partial charge is 0.468 e. The number of benzene rings is 1. The molecule has 0 aliphatic heterocycles. The van der Waals surface area contributed by atoms with Gasteiger partial charge in [-0.3, -0.25) is 0 Å². The van der Waals surface area contributed by atoms with E-state index in [0.717, 1.165) is 19.3 Å². The number of aliphatic hydroxyl groups excluding tert-OH is 1. The van der Waals surface area contributed by atoms with Crippen LogP contribution in [0.1, 0.15) is 56.9 Å². The number of rotatable bonds is 12. The molecule has 0 saturated heterocycles. The van der Waals surface area contributed by atoms with Crippen molar-refractivity contribution in [2.75, 3.05) is 6.54 Å². The minimum atomic E-state index is -4.18. The van der Waals surface area contributed by atoms with Gasteiger partial charge in [0.05, 0.1) is 29.5 Å². The molecule has 0 spiro atoms. The second-order valence-electron chi connectivity index (χ2n) is 9.64. The Morgan fingerprint density at radius 3 is 2.54 bits per heavy atom. The molecule has 2 unspecified atom stereocenters. The number of allylic oxidation sites excluding steroid dienone is 2. The van der Waals surface area contributed by atoms with Crippen LogP contribution >= 0.6 is 0 Å². The summed E-state index contributed by atoms with van der Waals surface area (Å²) in [5, 5.41) is 35.3. The van der Waals surface area contributed by atoms with Gasteiger partial charge < -0.3 is 25.2 Å². The van der Waals surface area contributed by atoms with Crippen molar-refractivity contribution in [2.45, 2.75) is 62.6 Å². The summed E-state index contributed by atoms with van der Waals surface area (Å²) in [4.78, 5) is 11.7. The fraction of sp³-hybridized carbons (Fsp3) is 0.462. The fourth-order valence-electron chi connectivity index (χ4n) is 4.66. The third-order valence-corrected chi connectivity index (χ3v) is 8.20. The highest BCUT2D eigenvalue weighted by atomic mass is 32.2. The number of furan rings is 1. The molecule has 1 heterocycles. The minimum Gasteiger partial charge on any atom is -0.468 e. The van der Waals surface area contributed by atoms with E-state index in [1.165, 1.54) is 41.0 Å². The molecule has 11 heteroatoms. The lowest BCUT2D eigenvalue weighted by atomic mass is 9.86. The lowest BCUT2D eigenvalue weighted by molar-refractivity contribution is 0.0361. The molecule has 1 aromatic carbocycles. The number of nitrogens with zero attached hydrogens (tertiary/aromatic N) is 2. The topological polar surface area (TPSA) is 153 Å². The van der Waals surface area contributed by atoms with Crippen molar-refractivity contribution in [3.8, 4) is 0 Å². The summed E-state index contributed by atoms with van der Waals surface area (Å²) in [6, 6.07) is 6.83. The van der Waals surface area contributed by atoms with E-state index in [-0.39, 0.29) is 29.0 Å². The van der Waals surface area contributed by atoms with Gasteiger partial charge in [0.1, 0.15) is 11.8 Å². The predicted molar refractivity (Wildman–Crippen MR) is 138 cm³/mol. The van der Waals surface area contributed by atoms with Gasteiger partial charge in [-0.05, 0) is 67.3 Å². The SMILES string of the molecule is CC(C)CN(C(c1ccco1)[C@H](O)[C@H](CC1C=CCCC1)NC(=O)O)S(=O)(=O)c1ccc(C=NO)cc1. The van der Waals surface area contributed by atoms with E-state index in [0.29, 0.717) is 12.0 Å². The minimum absolute atomic E-state index is 0.0232. The average molecular weight is 534 g/mol. The third-order valence-electron chi connectivity index (χ3n) is 6.34. The van der Waals surface area contributed by atoms with Crippen molar-refractivity contribution < 1.29 is 33.0 Å². The van der Waals surface area contributed by atoms with E-state index in [9.17, 15) is 23.4 Å². The van der Waals surface area contributed by atoms with Crippen molar-refractivity contribution in [1.82, 2.24) is 9.62 Å². The Hall–Kier alpha value is -3.15. The van der Waals surface area contributed by atoms with Crippen LogP contribution in [0.4, 0.5) is 4.79 Å². The van der Waals surface area contributed by atoms with E-state index >= 15 is 0 Å². The summed E-state index contributed by atoms with van der Waals surface area (Å²) >= 11 is 0. The summed E-state index contributed by atoms with van der Waals surface area (Å²) < 4.78 is 34.7. The zero-order valence-corrected chi connectivity index (χ0v) is 21.8. The first-order valence-corrected chi connectivity index (χ1v) is 13.7. The Labute approximate surface area is 217 Å². The monoisotopic (exact) mass is 533 g/mol. The normalized spacial score (nSPS) is 18.8. The smallest absolute Gasteiger partial charge is 0.404 e. The maximum absolute atomic E-state index is 14.0. The van der Waals surface area contributed by atoms with E-state index in [4.69, 9.17) is 9.62 Å². The quantitative estimate of drug-likeness (QED) is 0.138. The van der Waals surface area contributed by atoms with Crippen LogP contribution in [0, 0.1) is 11.8 Å². The lowest BCUT2D eigenvalue weighted by Crippen LogP contribution is -2.52. The van der Waals surface area contributed by atoms with Crippen LogP contribution in [-0.4, -0.2) is 59.1 Å². The van der Waals surface area contributed by atoms with Gasteiger partial charge in [-0.1, -0.05) is 43.3 Å². The Morgan fingerprint density at radius 1 is 1.27 bits per heavy atom. The summed E-state index contributed by atoms with van der Waals surface area (Å²) in [7, 11) is -4.18. The molecule has 0 fully saturated rings. The molecule has 10 nitrogen and oxygen atoms in total. The zero-order valence-electron chi connectivity index (χ0n) is 21.0. The summed E-state index contributed by atoms with van der Waals surface area (Å²) in [6.07, 6.45) is 6.97. The highest BCUT2D eigenvalue weighted by Crippen LogP contribution is 2.35. The molecule has 1 aliphatic rings. The zero-order chi connectivity index (χ0) is 27.0. The van der Waals surface area contributed by atoms with Gasteiger partial charge in [0.25, 0.3) is 0 Å². The standard InChI is InChI=1S/C26H35N3O7S/c1-18(2)17-29(37(34,35)21-12-10-20(11-13-21)16-27-33)24(23-9-6-14-36-23)25(30)22(28-26(31)32)15-19-7-4-3-5-8-19/h4,6-7,9-14,16,18-19,22,24-25,28,30,33H,3,5,8,15,17H2,1-2H3,(H,31,32)/t19?,22-,24?,25+/m0/s1. The molecule has 37 heavy (non-hydrogen) atoms. The van der Waals surface area contributed by atoms with Crippen molar-refractivity contribution in [2.24, 2.45) is 17.0 Å². The number of aliphatic hydroxyl groups is 1. The van der Waals surface area contributed by atoms with Gasteiger partial charge in [-0.25, -0.2) is 13.2 Å². The Kier molecular flexibility index (Phi) is 9.90. The van der Waals surface area contributed by atoms with Gasteiger partial charge >= 0.3 is 6.09 Å². The maximum atomic E-state index is 14.0. The summed E-state index contributed by atoms with van der Waals surface area (Å²) in [6.45, 7) is 3.76. The van der Waals surface area contributed by atoms with Crippen molar-refractivity contribution in [3.05, 3.63) is 66.1 Å². The van der Waals surface area contributed by atoms with Gasteiger partial charge in [-0.2, -0.15) is 4.31 Å². The number of sulfonamides is 1. The molecule has 2 aromatic rings. The van der Waals surface area contributed by atoms with Crippen LogP contribution < -0.4 is 5.32 Å². The Balaban J connectivity index is 2.06. The molecule has 4 atom stereocenters. The van der Waals surface area contributed by atoms with Crippen molar-refractivity contribution >= 4 is 22.3 Å². The lowest BCUT2D eigenvalue weighted by Gasteiger charge is -2.37. The highest BCUT2D eigenvalue weighted by Gasteiger charge is 2.42. The molecule has 0 radical (unpaired) electrons. The molecule has 0 bridgehead atoms. The number of carbonyl (C=O) groups is 1. The number of carboxylic acid groups (broad SMARTS) is 1. The Morgan fingerprint density at radius 2 is 2.00 bits per heavy atom. The number of nitrogens with one attached hydrogen (secondary N) is 1. The van der Waals surface area contributed by atoms with Gasteiger partial charge in [0.15, 0.2) is 0 Å². The fourth-order valence-corrected chi connectivity index (χ4v) is 6.43. The van der Waals surface area contributed by atoms with E-state index in [1.54, 1.807) is 12.1 Å². The molecule has 3 rings (SSSR count). The third kappa shape index (κ3) is 7.43. The van der Waals surface area contributed by atoms with E-state index in [1.807, 2.05) is 26.0 Å². The van der Waals surface area contributed by atoms with Crippen molar-refractivity contribution in [1.29, 1.82) is 0 Å². The first-order chi connectivity index (χ1) is 17.6. The van der Waals surface area contributed by atoms with Crippen LogP contribution in [-0.2, 0) is 10.0 Å². The van der Waals surface area contributed by atoms with Crippen LogP contribution in [0.15, 0.2) is 69.3 Å². The predicted octanol–water partition coefficient (Wildman–Crippen LogP) is 4.22. The number of hydrogen-bond donors (Lipinski definition) is 4. The maximum Gasteiger partial charge on any atom is 0.404 e. The first kappa shape index (κ1) is 28.4. The summed E-state index contributed by atoms with van der Waals surface area (Å²) in [5.74, 6) is 0.137. The average Bonchev–Trinajstić information content (AvgIpc) is 3.38. The second-order valence-corrected chi connectivity index (χ2v) is 11.5. The highest BCUT2D eigenvalue weighted by molar-refractivity contribution is 7.89. The van der Waals surface area contributed by atoms with Gasteiger partial charge in [0, 0.05) is 6.54 Å². The molecule has 202 valence electrons. The van der Waals surface area contributed by atoms with Crippen LogP contribution in [0.5, 0.6) is 0 Å². The second kappa shape index (κ2) is 12.9. The molecule has 1 aliphatic carbocycles. The number of hydrogen-bond acceptors (Lipinski definition) is 7.